The van der Waals surface area contributed by atoms with Gasteiger partial charge in [-0.25, -0.2) is 8.42 Å². The van der Waals surface area contributed by atoms with Gasteiger partial charge < -0.3 is 10.1 Å². The topological polar surface area (TPSA) is 75.7 Å². The number of nitrogens with one attached hydrogen (secondary N) is 1. The number of piperidine rings is 1. The third-order valence-corrected chi connectivity index (χ3v) is 7.73. The van der Waals surface area contributed by atoms with Crippen molar-refractivity contribution in [3.8, 4) is 5.75 Å². The number of likely N-dealkylation sites (tertiary alicyclic amines) is 1. The monoisotopic (exact) mass is 492 g/mol. The van der Waals surface area contributed by atoms with Crippen LogP contribution >= 0.6 is 0 Å². The smallest absolute Gasteiger partial charge is 0.251 e. The molecule has 35 heavy (non-hydrogen) atoms. The molecule has 1 aliphatic heterocycles. The zero-order valence-corrected chi connectivity index (χ0v) is 21.1. The summed E-state index contributed by atoms with van der Waals surface area (Å²) in [5.74, 6) is 1.16. The molecule has 1 aliphatic rings. The molecule has 184 valence electrons. The fourth-order valence-corrected chi connectivity index (χ4v) is 5.09. The highest BCUT2D eigenvalue weighted by atomic mass is 32.2. The molecular formula is C28H32N2O4S. The fraction of sp³-hybridized carbons (Fsp3) is 0.321. The zero-order chi connectivity index (χ0) is 24.8. The van der Waals surface area contributed by atoms with Crippen LogP contribution in [0.2, 0.25) is 0 Å². The van der Waals surface area contributed by atoms with Crippen LogP contribution in [0.15, 0.2) is 77.7 Å². The molecule has 0 atom stereocenters. The van der Waals surface area contributed by atoms with E-state index in [0.717, 1.165) is 49.4 Å². The molecule has 0 bridgehead atoms. The van der Waals surface area contributed by atoms with E-state index >= 15 is 0 Å². The normalized spacial score (nSPS) is 15.0. The van der Waals surface area contributed by atoms with Crippen molar-refractivity contribution in [3.63, 3.8) is 0 Å². The summed E-state index contributed by atoms with van der Waals surface area (Å²) >= 11 is 0. The maximum absolute atomic E-state index is 12.4. The van der Waals surface area contributed by atoms with Crippen molar-refractivity contribution in [2.75, 3.05) is 26.5 Å². The van der Waals surface area contributed by atoms with Gasteiger partial charge in [-0.3, -0.25) is 9.69 Å². The number of nitrogens with zero attached hydrogens (tertiary/aromatic N) is 1. The second-order valence-corrected chi connectivity index (χ2v) is 11.1. The summed E-state index contributed by atoms with van der Waals surface area (Å²) in [5, 5.41) is 2.97. The summed E-state index contributed by atoms with van der Waals surface area (Å²) in [7, 11) is -1.55. The average Bonchev–Trinajstić information content (AvgIpc) is 2.88. The first-order valence-corrected chi connectivity index (χ1v) is 13.7. The van der Waals surface area contributed by atoms with Crippen molar-refractivity contribution >= 4 is 15.7 Å². The first kappa shape index (κ1) is 24.9. The van der Waals surface area contributed by atoms with Gasteiger partial charge in [-0.05, 0) is 84.9 Å². The lowest BCUT2D eigenvalue weighted by Crippen LogP contribution is -2.32. The van der Waals surface area contributed by atoms with Crippen molar-refractivity contribution in [1.29, 1.82) is 0 Å². The van der Waals surface area contributed by atoms with Crippen LogP contribution in [0.1, 0.15) is 45.8 Å². The second kappa shape index (κ2) is 11.1. The minimum Gasteiger partial charge on any atom is -0.497 e. The average molecular weight is 493 g/mol. The van der Waals surface area contributed by atoms with Gasteiger partial charge in [0.15, 0.2) is 9.84 Å². The number of carbonyl (C=O) groups excluding carboxylic acids is 1. The van der Waals surface area contributed by atoms with E-state index in [1.54, 1.807) is 43.5 Å². The molecule has 6 nitrogen and oxygen atoms in total. The summed E-state index contributed by atoms with van der Waals surface area (Å²) in [6.07, 6.45) is 3.42. The molecule has 1 heterocycles. The first-order chi connectivity index (χ1) is 16.8. The van der Waals surface area contributed by atoms with Gasteiger partial charge in [-0.15, -0.1) is 0 Å². The number of ether oxygens (including phenoxy) is 1. The SMILES string of the molecule is COc1ccc(C(=O)NCc2ccc(C3CCN(Cc4ccc(S(C)(=O)=O)cc4)CC3)cc2)cc1. The van der Waals surface area contributed by atoms with Crippen molar-refractivity contribution in [3.05, 3.63) is 95.1 Å². The van der Waals surface area contributed by atoms with Gasteiger partial charge in [0.05, 0.1) is 12.0 Å². The quantitative estimate of drug-likeness (QED) is 0.504. The summed E-state index contributed by atoms with van der Waals surface area (Å²) in [6, 6.07) is 22.8. The third-order valence-electron chi connectivity index (χ3n) is 6.60. The highest BCUT2D eigenvalue weighted by Crippen LogP contribution is 2.29. The predicted molar refractivity (Wildman–Crippen MR) is 137 cm³/mol. The number of hydrogen-bond donors (Lipinski definition) is 1. The molecule has 0 unspecified atom stereocenters. The Labute approximate surface area is 207 Å². The molecule has 3 aromatic rings. The Hall–Kier alpha value is -3.16. The largest absolute Gasteiger partial charge is 0.497 e. The molecule has 0 saturated carbocycles. The van der Waals surface area contributed by atoms with Crippen LogP contribution in [-0.2, 0) is 22.9 Å². The number of rotatable bonds is 8. The molecule has 0 aliphatic carbocycles. The van der Waals surface area contributed by atoms with Gasteiger partial charge in [-0.1, -0.05) is 36.4 Å². The number of hydrogen-bond acceptors (Lipinski definition) is 5. The maximum atomic E-state index is 12.4. The minimum atomic E-state index is -3.16. The maximum Gasteiger partial charge on any atom is 0.251 e. The van der Waals surface area contributed by atoms with Gasteiger partial charge in [0.25, 0.3) is 5.91 Å². The number of benzene rings is 3. The Balaban J connectivity index is 1.24. The van der Waals surface area contributed by atoms with Crippen LogP contribution in [0.3, 0.4) is 0 Å². The van der Waals surface area contributed by atoms with Crippen LogP contribution in [0.5, 0.6) is 5.75 Å². The van der Waals surface area contributed by atoms with Crippen LogP contribution in [0.4, 0.5) is 0 Å². The molecule has 0 aromatic heterocycles. The summed E-state index contributed by atoms with van der Waals surface area (Å²) in [5.41, 5.74) is 4.16. The van der Waals surface area contributed by atoms with E-state index in [2.05, 4.69) is 34.5 Å². The lowest BCUT2D eigenvalue weighted by molar-refractivity contribution is 0.0951. The van der Waals surface area contributed by atoms with Gasteiger partial charge in [0, 0.05) is 24.9 Å². The van der Waals surface area contributed by atoms with E-state index < -0.39 is 9.84 Å². The van der Waals surface area contributed by atoms with E-state index in [-0.39, 0.29) is 5.91 Å². The number of methoxy groups -OCH3 is 1. The van der Waals surface area contributed by atoms with Crippen molar-refractivity contribution in [1.82, 2.24) is 10.2 Å². The van der Waals surface area contributed by atoms with Gasteiger partial charge >= 0.3 is 0 Å². The van der Waals surface area contributed by atoms with E-state index in [0.29, 0.717) is 22.9 Å². The molecular weight excluding hydrogens is 460 g/mol. The second-order valence-electron chi connectivity index (χ2n) is 9.12. The highest BCUT2D eigenvalue weighted by molar-refractivity contribution is 7.90. The molecule has 0 spiro atoms. The molecule has 7 heteroatoms. The molecule has 1 N–H and O–H groups in total. The Morgan fingerprint density at radius 1 is 0.914 bits per heavy atom. The fourth-order valence-electron chi connectivity index (χ4n) is 4.46. The Kier molecular flexibility index (Phi) is 7.88. The van der Waals surface area contributed by atoms with E-state index in [1.165, 1.54) is 11.8 Å². The summed E-state index contributed by atoms with van der Waals surface area (Å²) in [6.45, 7) is 3.35. The Morgan fingerprint density at radius 3 is 2.09 bits per heavy atom. The summed E-state index contributed by atoms with van der Waals surface area (Å²) in [4.78, 5) is 15.2. The Morgan fingerprint density at radius 2 is 1.51 bits per heavy atom. The lowest BCUT2D eigenvalue weighted by atomic mass is 9.89. The van der Waals surface area contributed by atoms with Gasteiger partial charge in [0.2, 0.25) is 0 Å². The number of carbonyl (C=O) groups is 1. The van der Waals surface area contributed by atoms with Crippen LogP contribution in [0.25, 0.3) is 0 Å². The molecule has 4 rings (SSSR count). The van der Waals surface area contributed by atoms with E-state index in [1.807, 2.05) is 12.1 Å². The minimum absolute atomic E-state index is 0.102. The van der Waals surface area contributed by atoms with Crippen molar-refractivity contribution in [2.45, 2.75) is 36.7 Å². The first-order valence-electron chi connectivity index (χ1n) is 11.8. The molecule has 1 fully saturated rings. The number of amides is 1. The van der Waals surface area contributed by atoms with Gasteiger partial charge in [0.1, 0.15) is 5.75 Å². The predicted octanol–water partition coefficient (Wildman–Crippen LogP) is 4.41. The molecule has 0 radical (unpaired) electrons. The Bertz CT molecular complexity index is 1230. The van der Waals surface area contributed by atoms with Crippen LogP contribution < -0.4 is 10.1 Å². The van der Waals surface area contributed by atoms with E-state index in [9.17, 15) is 13.2 Å². The van der Waals surface area contributed by atoms with Crippen molar-refractivity contribution < 1.29 is 17.9 Å². The van der Waals surface area contributed by atoms with E-state index in [4.69, 9.17) is 4.74 Å². The van der Waals surface area contributed by atoms with Gasteiger partial charge in [-0.2, -0.15) is 0 Å². The molecule has 1 amide bonds. The molecule has 3 aromatic carbocycles. The lowest BCUT2D eigenvalue weighted by Gasteiger charge is -2.32. The van der Waals surface area contributed by atoms with Crippen LogP contribution in [0, 0.1) is 0 Å². The summed E-state index contributed by atoms with van der Waals surface area (Å²) < 4.78 is 28.4. The number of sulfone groups is 1. The molecule has 1 saturated heterocycles. The third kappa shape index (κ3) is 6.71. The van der Waals surface area contributed by atoms with Crippen molar-refractivity contribution in [2.24, 2.45) is 0 Å². The highest BCUT2D eigenvalue weighted by Gasteiger charge is 2.21. The zero-order valence-electron chi connectivity index (χ0n) is 20.2. The van der Waals surface area contributed by atoms with Crippen LogP contribution in [-0.4, -0.2) is 45.7 Å². The standard InChI is InChI=1S/C28H32N2O4S/c1-34-26-11-9-25(10-12-26)28(31)29-19-21-3-7-23(8-4-21)24-15-17-30(18-16-24)20-22-5-13-27(14-6-22)35(2,32)33/h3-14,24H,15-20H2,1-2H3,(H,29,31).